The topological polar surface area (TPSA) is 95.7 Å². The Kier molecular flexibility index (Phi) is 3.66. The van der Waals surface area contributed by atoms with E-state index < -0.39 is 10.0 Å². The van der Waals surface area contributed by atoms with Crippen LogP contribution in [-0.4, -0.2) is 18.4 Å². The number of nitrogens with one attached hydrogen (secondary N) is 1. The van der Waals surface area contributed by atoms with Gasteiger partial charge in [-0.1, -0.05) is 0 Å². The Hall–Kier alpha value is -1.82. The molecule has 0 saturated carbocycles. The lowest BCUT2D eigenvalue weighted by Crippen LogP contribution is -2.23. The molecule has 0 atom stereocenters. The molecule has 0 aliphatic heterocycles. The van der Waals surface area contributed by atoms with Crippen LogP contribution >= 0.6 is 11.3 Å². The average molecular weight is 280 g/mol. The fourth-order valence-electron chi connectivity index (χ4n) is 1.18. The minimum atomic E-state index is -3.62. The molecule has 0 amide bonds. The van der Waals surface area contributed by atoms with Gasteiger partial charge in [-0.15, -0.1) is 11.3 Å². The Morgan fingerprint density at radius 1 is 1.39 bits per heavy atom. The number of hydrogen-bond acceptors (Lipinski definition) is 6. The van der Waals surface area contributed by atoms with Crippen LogP contribution in [0.1, 0.15) is 11.4 Å². The molecule has 8 heteroatoms. The van der Waals surface area contributed by atoms with E-state index in [-0.39, 0.29) is 17.1 Å². The summed E-state index contributed by atoms with van der Waals surface area (Å²) < 4.78 is 26.1. The SMILES string of the molecule is N#Cc1ccc(S(=O)(=O)NCc2cscn2)cn1. The molecule has 2 rings (SSSR count). The van der Waals surface area contributed by atoms with E-state index in [1.165, 1.54) is 23.5 Å². The van der Waals surface area contributed by atoms with E-state index in [2.05, 4.69) is 14.7 Å². The van der Waals surface area contributed by atoms with Crippen LogP contribution in [0.2, 0.25) is 0 Å². The maximum Gasteiger partial charge on any atom is 0.242 e. The second-order valence-corrected chi connectivity index (χ2v) is 5.78. The molecule has 92 valence electrons. The molecule has 2 aromatic rings. The normalized spacial score (nSPS) is 11.1. The Morgan fingerprint density at radius 2 is 2.22 bits per heavy atom. The number of hydrogen-bond donors (Lipinski definition) is 1. The minimum absolute atomic E-state index is 0.0247. The Bertz CT molecular complexity index is 657. The molecule has 0 unspecified atom stereocenters. The molecule has 18 heavy (non-hydrogen) atoms. The third kappa shape index (κ3) is 2.89. The summed E-state index contributed by atoms with van der Waals surface area (Å²) in [6.07, 6.45) is 1.15. The molecule has 0 fully saturated rings. The lowest BCUT2D eigenvalue weighted by molar-refractivity contribution is 0.580. The Labute approximate surface area is 108 Å². The average Bonchev–Trinajstić information content (AvgIpc) is 2.90. The molecule has 6 nitrogen and oxygen atoms in total. The molecular formula is C10H8N4O2S2. The third-order valence-electron chi connectivity index (χ3n) is 2.09. The van der Waals surface area contributed by atoms with E-state index in [1.54, 1.807) is 10.9 Å². The summed E-state index contributed by atoms with van der Waals surface area (Å²) in [5, 5.41) is 10.3. The highest BCUT2D eigenvalue weighted by atomic mass is 32.2. The predicted octanol–water partition coefficient (Wildman–Crippen LogP) is 0.888. The van der Waals surface area contributed by atoms with Crippen LogP contribution in [0, 0.1) is 11.3 Å². The zero-order valence-electron chi connectivity index (χ0n) is 9.07. The van der Waals surface area contributed by atoms with Gasteiger partial charge in [0.15, 0.2) is 0 Å². The Morgan fingerprint density at radius 3 is 2.78 bits per heavy atom. The number of aromatic nitrogens is 2. The lowest BCUT2D eigenvalue weighted by atomic mass is 10.4. The lowest BCUT2D eigenvalue weighted by Gasteiger charge is -2.04. The zero-order valence-corrected chi connectivity index (χ0v) is 10.7. The molecule has 0 spiro atoms. The van der Waals surface area contributed by atoms with Gasteiger partial charge in [-0.25, -0.2) is 23.1 Å². The van der Waals surface area contributed by atoms with Gasteiger partial charge in [-0.3, -0.25) is 0 Å². The van der Waals surface area contributed by atoms with Gasteiger partial charge in [0.1, 0.15) is 16.7 Å². The van der Waals surface area contributed by atoms with Crippen molar-refractivity contribution in [1.29, 1.82) is 5.26 Å². The summed E-state index contributed by atoms with van der Waals surface area (Å²) in [5.41, 5.74) is 2.46. The molecule has 0 bridgehead atoms. The first kappa shape index (κ1) is 12.6. The van der Waals surface area contributed by atoms with Crippen LogP contribution in [0.4, 0.5) is 0 Å². The van der Waals surface area contributed by atoms with Gasteiger partial charge in [0.2, 0.25) is 10.0 Å². The first-order chi connectivity index (χ1) is 8.62. The highest BCUT2D eigenvalue weighted by molar-refractivity contribution is 7.89. The standard InChI is InChI=1S/C10H8N4O2S2/c11-3-8-1-2-10(5-12-8)18(15,16)14-4-9-6-17-7-13-9/h1-2,5-7,14H,4H2. The van der Waals surface area contributed by atoms with Crippen LogP contribution in [0.3, 0.4) is 0 Å². The minimum Gasteiger partial charge on any atom is -0.248 e. The first-order valence-corrected chi connectivity index (χ1v) is 7.27. The number of pyridine rings is 1. The number of nitrogens with zero attached hydrogens (tertiary/aromatic N) is 3. The number of thiazole rings is 1. The third-order valence-corrected chi connectivity index (χ3v) is 4.11. The summed E-state index contributed by atoms with van der Waals surface area (Å²) >= 11 is 1.40. The number of nitriles is 1. The van der Waals surface area contributed by atoms with Crippen molar-refractivity contribution in [2.75, 3.05) is 0 Å². The van der Waals surface area contributed by atoms with Crippen molar-refractivity contribution < 1.29 is 8.42 Å². The van der Waals surface area contributed by atoms with Crippen molar-refractivity contribution in [2.24, 2.45) is 0 Å². The first-order valence-electron chi connectivity index (χ1n) is 4.85. The van der Waals surface area contributed by atoms with Crippen molar-refractivity contribution in [1.82, 2.24) is 14.7 Å². The van der Waals surface area contributed by atoms with E-state index >= 15 is 0 Å². The van der Waals surface area contributed by atoms with E-state index in [9.17, 15) is 8.42 Å². The molecule has 1 N–H and O–H groups in total. The van der Waals surface area contributed by atoms with E-state index in [0.29, 0.717) is 5.69 Å². The number of rotatable bonds is 4. The van der Waals surface area contributed by atoms with Crippen molar-refractivity contribution in [2.45, 2.75) is 11.4 Å². The fourth-order valence-corrected chi connectivity index (χ4v) is 2.68. The summed E-state index contributed by atoms with van der Waals surface area (Å²) in [7, 11) is -3.62. The van der Waals surface area contributed by atoms with Crippen molar-refractivity contribution in [3.63, 3.8) is 0 Å². The van der Waals surface area contributed by atoms with Crippen LogP contribution < -0.4 is 4.72 Å². The number of sulfonamides is 1. The molecule has 2 aromatic heterocycles. The molecular weight excluding hydrogens is 272 g/mol. The summed E-state index contributed by atoms with van der Waals surface area (Å²) in [5.74, 6) is 0. The molecule has 0 radical (unpaired) electrons. The summed E-state index contributed by atoms with van der Waals surface area (Å²) in [6.45, 7) is 0.131. The van der Waals surface area contributed by atoms with Crippen LogP contribution in [0.5, 0.6) is 0 Å². The fraction of sp³-hybridized carbons (Fsp3) is 0.100. The zero-order chi connectivity index (χ0) is 13.0. The van der Waals surface area contributed by atoms with Gasteiger partial charge in [0, 0.05) is 11.6 Å². The van der Waals surface area contributed by atoms with Crippen molar-refractivity contribution in [3.8, 4) is 6.07 Å². The second-order valence-electron chi connectivity index (χ2n) is 3.30. The van der Waals surface area contributed by atoms with Gasteiger partial charge < -0.3 is 0 Å². The van der Waals surface area contributed by atoms with Crippen molar-refractivity contribution in [3.05, 3.63) is 40.6 Å². The van der Waals surface area contributed by atoms with Crippen LogP contribution in [-0.2, 0) is 16.6 Å². The van der Waals surface area contributed by atoms with Gasteiger partial charge in [-0.05, 0) is 12.1 Å². The molecule has 0 aromatic carbocycles. The van der Waals surface area contributed by atoms with Gasteiger partial charge in [-0.2, -0.15) is 5.26 Å². The molecule has 2 heterocycles. The van der Waals surface area contributed by atoms with Crippen LogP contribution in [0.15, 0.2) is 34.1 Å². The highest BCUT2D eigenvalue weighted by Gasteiger charge is 2.14. The van der Waals surface area contributed by atoms with E-state index in [4.69, 9.17) is 5.26 Å². The molecule has 0 saturated heterocycles. The van der Waals surface area contributed by atoms with Gasteiger partial charge in [0.25, 0.3) is 0 Å². The smallest absolute Gasteiger partial charge is 0.242 e. The van der Waals surface area contributed by atoms with Crippen LogP contribution in [0.25, 0.3) is 0 Å². The second kappa shape index (κ2) is 5.22. The predicted molar refractivity (Wildman–Crippen MR) is 65.1 cm³/mol. The Balaban J connectivity index is 2.13. The maximum atomic E-state index is 11.9. The maximum absolute atomic E-state index is 11.9. The van der Waals surface area contributed by atoms with E-state index in [0.717, 1.165) is 6.20 Å². The summed E-state index contributed by atoms with van der Waals surface area (Å²) in [6, 6.07) is 4.53. The van der Waals surface area contributed by atoms with E-state index in [1.807, 2.05) is 6.07 Å². The van der Waals surface area contributed by atoms with Gasteiger partial charge >= 0.3 is 0 Å². The monoisotopic (exact) mass is 280 g/mol. The van der Waals surface area contributed by atoms with Gasteiger partial charge in [0.05, 0.1) is 17.7 Å². The molecule has 0 aliphatic rings. The van der Waals surface area contributed by atoms with Crippen molar-refractivity contribution >= 4 is 21.4 Å². The summed E-state index contributed by atoms with van der Waals surface area (Å²) in [4.78, 5) is 7.71. The quantitative estimate of drug-likeness (QED) is 0.897. The highest BCUT2D eigenvalue weighted by Crippen LogP contribution is 2.09. The molecule has 0 aliphatic carbocycles. The largest absolute Gasteiger partial charge is 0.248 e.